The summed E-state index contributed by atoms with van der Waals surface area (Å²) in [6.07, 6.45) is 3.62. The molecule has 8 nitrogen and oxygen atoms in total. The van der Waals surface area contributed by atoms with Gasteiger partial charge in [0.25, 0.3) is 5.91 Å². The number of nitrogens with one attached hydrogen (secondary N) is 2. The second kappa shape index (κ2) is 10.8. The van der Waals surface area contributed by atoms with E-state index in [4.69, 9.17) is 0 Å². The number of hydrogen-bond acceptors (Lipinski definition) is 6. The van der Waals surface area contributed by atoms with Gasteiger partial charge in [-0.3, -0.25) is 14.5 Å². The van der Waals surface area contributed by atoms with Crippen LogP contribution in [0.4, 0.5) is 19.1 Å². The van der Waals surface area contributed by atoms with E-state index in [9.17, 15) is 22.8 Å². The first kappa shape index (κ1) is 25.9. The molecule has 0 unspecified atom stereocenters. The zero-order valence-electron chi connectivity index (χ0n) is 20.4. The van der Waals surface area contributed by atoms with Gasteiger partial charge in [-0.1, -0.05) is 6.07 Å². The van der Waals surface area contributed by atoms with Crippen LogP contribution in [0.1, 0.15) is 53.1 Å². The largest absolute Gasteiger partial charge is 0.416 e. The summed E-state index contributed by atoms with van der Waals surface area (Å²) >= 11 is 0. The molecule has 0 radical (unpaired) electrons. The molecule has 2 amide bonds. The van der Waals surface area contributed by atoms with Crippen molar-refractivity contribution in [2.45, 2.75) is 49.9 Å². The highest BCUT2D eigenvalue weighted by Gasteiger charge is 2.35. The van der Waals surface area contributed by atoms with Crippen LogP contribution >= 0.6 is 0 Å². The molecule has 194 valence electrons. The first-order chi connectivity index (χ1) is 17.1. The van der Waals surface area contributed by atoms with E-state index in [0.717, 1.165) is 50.9 Å². The number of aromatic nitrogens is 2. The monoisotopic (exact) mass is 504 g/mol. The van der Waals surface area contributed by atoms with Crippen molar-refractivity contribution in [3.8, 4) is 0 Å². The fourth-order valence-electron chi connectivity index (χ4n) is 4.83. The van der Waals surface area contributed by atoms with Crippen LogP contribution in [0.5, 0.6) is 0 Å². The van der Waals surface area contributed by atoms with Gasteiger partial charge in [-0.25, -0.2) is 9.97 Å². The Balaban J connectivity index is 1.15. The maximum atomic E-state index is 12.8. The highest BCUT2D eigenvalue weighted by atomic mass is 19.4. The van der Waals surface area contributed by atoms with Crippen molar-refractivity contribution >= 4 is 17.8 Å². The standard InChI is InChI=1S/C25H31F3N6O2/c1-33(2)24-30-11-18(12-31-24)16-6-8-21(9-7-16)34-14-20(15-34)32-22(35)13-29-23(36)17-4-3-5-19(10-17)25(26,27)28/h3-5,10-12,16,20-21H,6-9,13-15H2,1-2H3,(H,29,36)(H,32,35)/t16-,21+. The van der Waals surface area contributed by atoms with E-state index in [1.54, 1.807) is 0 Å². The number of rotatable bonds is 7. The number of nitrogens with zero attached hydrogens (tertiary/aromatic N) is 4. The molecule has 0 bridgehead atoms. The summed E-state index contributed by atoms with van der Waals surface area (Å²) in [5.74, 6) is 0.0980. The Kier molecular flexibility index (Phi) is 7.77. The number of anilines is 1. The predicted octanol–water partition coefficient (Wildman–Crippen LogP) is 2.82. The zero-order chi connectivity index (χ0) is 25.9. The molecule has 2 heterocycles. The first-order valence-electron chi connectivity index (χ1n) is 12.1. The Hall–Kier alpha value is -3.21. The molecule has 2 fully saturated rings. The van der Waals surface area contributed by atoms with Crippen LogP contribution in [0.25, 0.3) is 0 Å². The second-order valence-electron chi connectivity index (χ2n) is 9.70. The number of amides is 2. The van der Waals surface area contributed by atoms with E-state index >= 15 is 0 Å². The summed E-state index contributed by atoms with van der Waals surface area (Å²) in [7, 11) is 3.83. The van der Waals surface area contributed by atoms with E-state index in [0.29, 0.717) is 17.9 Å². The summed E-state index contributed by atoms with van der Waals surface area (Å²) in [5.41, 5.74) is 0.141. The number of carbonyl (C=O) groups excluding carboxylic acids is 2. The van der Waals surface area contributed by atoms with Crippen LogP contribution in [-0.2, 0) is 11.0 Å². The summed E-state index contributed by atoms with van der Waals surface area (Å²) in [4.78, 5) is 37.5. The van der Waals surface area contributed by atoms with Crippen molar-refractivity contribution in [2.24, 2.45) is 0 Å². The Bertz CT molecular complexity index is 1060. The Morgan fingerprint density at radius 3 is 2.36 bits per heavy atom. The van der Waals surface area contributed by atoms with E-state index in [1.165, 1.54) is 17.7 Å². The topological polar surface area (TPSA) is 90.5 Å². The van der Waals surface area contributed by atoms with Gasteiger partial charge in [-0.05, 0) is 55.4 Å². The lowest BCUT2D eigenvalue weighted by molar-refractivity contribution is -0.137. The van der Waals surface area contributed by atoms with Crippen LogP contribution in [0.3, 0.4) is 0 Å². The molecule has 1 saturated heterocycles. The highest BCUT2D eigenvalue weighted by Crippen LogP contribution is 2.35. The van der Waals surface area contributed by atoms with Crippen molar-refractivity contribution in [2.75, 3.05) is 38.6 Å². The smallest absolute Gasteiger partial charge is 0.349 e. The van der Waals surface area contributed by atoms with Gasteiger partial charge in [0.15, 0.2) is 0 Å². The molecule has 1 saturated carbocycles. The number of alkyl halides is 3. The summed E-state index contributed by atoms with van der Waals surface area (Å²) < 4.78 is 38.5. The number of carbonyl (C=O) groups is 2. The first-order valence-corrected chi connectivity index (χ1v) is 12.1. The Morgan fingerprint density at radius 2 is 1.75 bits per heavy atom. The predicted molar refractivity (Wildman–Crippen MR) is 129 cm³/mol. The van der Waals surface area contributed by atoms with E-state index in [1.807, 2.05) is 31.4 Å². The summed E-state index contributed by atoms with van der Waals surface area (Å²) in [5, 5.41) is 5.27. The number of likely N-dealkylation sites (tertiary alicyclic amines) is 1. The van der Waals surface area contributed by atoms with Gasteiger partial charge in [0.05, 0.1) is 18.2 Å². The Morgan fingerprint density at radius 1 is 1.08 bits per heavy atom. The average Bonchev–Trinajstić information content (AvgIpc) is 2.84. The fourth-order valence-corrected chi connectivity index (χ4v) is 4.83. The molecule has 1 aliphatic heterocycles. The third-order valence-electron chi connectivity index (χ3n) is 6.88. The van der Waals surface area contributed by atoms with Gasteiger partial charge in [-0.2, -0.15) is 13.2 Å². The van der Waals surface area contributed by atoms with E-state index < -0.39 is 17.6 Å². The molecule has 2 aliphatic rings. The summed E-state index contributed by atoms with van der Waals surface area (Å²) in [6.45, 7) is 1.22. The molecule has 0 atom stereocenters. The third kappa shape index (κ3) is 6.31. The van der Waals surface area contributed by atoms with Gasteiger partial charge in [-0.15, -0.1) is 0 Å². The van der Waals surface area contributed by atoms with Crippen molar-refractivity contribution in [3.63, 3.8) is 0 Å². The third-order valence-corrected chi connectivity index (χ3v) is 6.88. The molecule has 0 spiro atoms. The van der Waals surface area contributed by atoms with Crippen LogP contribution < -0.4 is 15.5 Å². The van der Waals surface area contributed by atoms with Crippen LogP contribution in [0.2, 0.25) is 0 Å². The Labute approximate surface area is 208 Å². The molecule has 1 aromatic carbocycles. The van der Waals surface area contributed by atoms with Gasteiger partial charge in [0.2, 0.25) is 11.9 Å². The van der Waals surface area contributed by atoms with Gasteiger partial charge >= 0.3 is 6.18 Å². The maximum absolute atomic E-state index is 12.8. The average molecular weight is 505 g/mol. The van der Waals surface area contributed by atoms with Crippen LogP contribution in [0, 0.1) is 0 Å². The lowest BCUT2D eigenvalue weighted by Crippen LogP contribution is -2.63. The van der Waals surface area contributed by atoms with Crippen molar-refractivity contribution in [3.05, 3.63) is 53.3 Å². The minimum Gasteiger partial charge on any atom is -0.349 e. The van der Waals surface area contributed by atoms with E-state index in [2.05, 4.69) is 25.5 Å². The minimum atomic E-state index is -4.53. The molecular formula is C25H31F3N6O2. The highest BCUT2D eigenvalue weighted by molar-refractivity contribution is 5.96. The molecule has 1 aromatic heterocycles. The molecule has 1 aliphatic carbocycles. The van der Waals surface area contributed by atoms with Gasteiger partial charge in [0.1, 0.15) is 0 Å². The van der Waals surface area contributed by atoms with Gasteiger partial charge < -0.3 is 15.5 Å². The molecule has 11 heteroatoms. The van der Waals surface area contributed by atoms with Crippen molar-refractivity contribution in [1.29, 1.82) is 0 Å². The lowest BCUT2D eigenvalue weighted by atomic mass is 9.81. The van der Waals surface area contributed by atoms with Crippen molar-refractivity contribution in [1.82, 2.24) is 25.5 Å². The zero-order valence-corrected chi connectivity index (χ0v) is 20.4. The quantitative estimate of drug-likeness (QED) is 0.603. The normalized spacial score (nSPS) is 20.9. The lowest BCUT2D eigenvalue weighted by Gasteiger charge is -2.46. The molecule has 2 N–H and O–H groups in total. The minimum absolute atomic E-state index is 0.00709. The number of halogens is 3. The maximum Gasteiger partial charge on any atom is 0.416 e. The molecule has 4 rings (SSSR count). The summed E-state index contributed by atoms with van der Waals surface area (Å²) in [6, 6.07) is 4.62. The SMILES string of the molecule is CN(C)c1ncc([C@H]2CC[C@@H](N3CC(NC(=O)CNC(=O)c4cccc(C(F)(F)F)c4)C3)CC2)cn1. The number of hydrogen-bond donors (Lipinski definition) is 2. The van der Waals surface area contributed by atoms with Crippen molar-refractivity contribution < 1.29 is 22.8 Å². The van der Waals surface area contributed by atoms with E-state index in [-0.39, 0.29) is 24.1 Å². The number of benzene rings is 1. The second-order valence-corrected chi connectivity index (χ2v) is 9.70. The van der Waals surface area contributed by atoms with Crippen LogP contribution in [0.15, 0.2) is 36.7 Å². The molecule has 2 aromatic rings. The van der Waals surface area contributed by atoms with Gasteiger partial charge in [0, 0.05) is 51.2 Å². The molecular weight excluding hydrogens is 473 g/mol. The fraction of sp³-hybridized carbons (Fsp3) is 0.520. The van der Waals surface area contributed by atoms with Crippen LogP contribution in [-0.4, -0.2) is 72.5 Å². The molecule has 36 heavy (non-hydrogen) atoms.